The lowest BCUT2D eigenvalue weighted by Gasteiger charge is -2.25. The van der Waals surface area contributed by atoms with Crippen molar-refractivity contribution in [2.75, 3.05) is 13.3 Å². The lowest BCUT2D eigenvalue weighted by Crippen LogP contribution is -2.30. The van der Waals surface area contributed by atoms with Gasteiger partial charge in [0.05, 0.1) is 9.79 Å². The van der Waals surface area contributed by atoms with E-state index < -0.39 is 25.9 Å². The van der Waals surface area contributed by atoms with Gasteiger partial charge >= 0.3 is 0 Å². The number of sulfonamides is 1. The second kappa shape index (κ2) is 7.37. The smallest absolute Gasteiger partial charge is 0.224 e. The van der Waals surface area contributed by atoms with Crippen LogP contribution in [0.2, 0.25) is 0 Å². The van der Waals surface area contributed by atoms with Crippen molar-refractivity contribution in [3.05, 3.63) is 59.7 Å². The van der Waals surface area contributed by atoms with Crippen LogP contribution in [-0.4, -0.2) is 34.4 Å². The fraction of sp³-hybridized carbons (Fsp3) is 0.400. The first-order valence-corrected chi connectivity index (χ1v) is 12.0. The van der Waals surface area contributed by atoms with Crippen molar-refractivity contribution in [3.8, 4) is 0 Å². The van der Waals surface area contributed by atoms with Crippen LogP contribution in [0.4, 0.5) is 0 Å². The standard InChI is InChI=1S/C20H27NO4S2/c1-15(16-7-11-18(12-8-16)26(6,22)23)21(5)27(24,25)19-13-9-17(10-14-19)20(2,3)4/h7-15H,1-6H3. The van der Waals surface area contributed by atoms with Crippen LogP contribution in [0, 0.1) is 0 Å². The minimum atomic E-state index is -3.67. The van der Waals surface area contributed by atoms with Crippen LogP contribution in [-0.2, 0) is 25.3 Å². The maximum Gasteiger partial charge on any atom is 0.243 e. The van der Waals surface area contributed by atoms with E-state index in [1.807, 2.05) is 12.1 Å². The average Bonchev–Trinajstić information content (AvgIpc) is 2.59. The van der Waals surface area contributed by atoms with Crippen molar-refractivity contribution >= 4 is 19.9 Å². The van der Waals surface area contributed by atoms with Gasteiger partial charge in [0.2, 0.25) is 10.0 Å². The third-order valence-corrected chi connectivity index (χ3v) is 7.80. The molecule has 1 unspecified atom stereocenters. The van der Waals surface area contributed by atoms with Crippen molar-refractivity contribution in [3.63, 3.8) is 0 Å². The molecule has 0 fully saturated rings. The lowest BCUT2D eigenvalue weighted by atomic mass is 9.87. The molecule has 0 amide bonds. The van der Waals surface area contributed by atoms with Gasteiger partial charge in [-0.15, -0.1) is 0 Å². The third-order valence-electron chi connectivity index (χ3n) is 4.73. The minimum Gasteiger partial charge on any atom is -0.224 e. The van der Waals surface area contributed by atoms with Gasteiger partial charge in [0.1, 0.15) is 0 Å². The average molecular weight is 410 g/mol. The van der Waals surface area contributed by atoms with Crippen LogP contribution in [0.5, 0.6) is 0 Å². The molecule has 7 heteroatoms. The Bertz CT molecular complexity index is 1000. The van der Waals surface area contributed by atoms with Crippen LogP contribution < -0.4 is 0 Å². The van der Waals surface area contributed by atoms with Gasteiger partial charge in [-0.3, -0.25) is 0 Å². The zero-order chi connectivity index (χ0) is 20.6. The third kappa shape index (κ3) is 4.78. The first-order valence-electron chi connectivity index (χ1n) is 8.63. The highest BCUT2D eigenvalue weighted by Crippen LogP contribution is 2.28. The van der Waals surface area contributed by atoms with Crippen LogP contribution in [0.3, 0.4) is 0 Å². The van der Waals surface area contributed by atoms with E-state index >= 15 is 0 Å². The van der Waals surface area contributed by atoms with Crippen molar-refractivity contribution in [2.24, 2.45) is 0 Å². The van der Waals surface area contributed by atoms with Gasteiger partial charge in [-0.05, 0) is 47.7 Å². The number of nitrogens with zero attached hydrogens (tertiary/aromatic N) is 1. The maximum absolute atomic E-state index is 13.0. The Morgan fingerprint density at radius 2 is 1.26 bits per heavy atom. The van der Waals surface area contributed by atoms with Gasteiger partial charge in [-0.2, -0.15) is 4.31 Å². The Kier molecular flexibility index (Phi) is 5.90. The molecule has 148 valence electrons. The Morgan fingerprint density at radius 1 is 0.815 bits per heavy atom. The van der Waals surface area contributed by atoms with E-state index in [0.717, 1.165) is 17.4 Å². The molecule has 27 heavy (non-hydrogen) atoms. The monoisotopic (exact) mass is 409 g/mol. The van der Waals surface area contributed by atoms with Crippen LogP contribution in [0.1, 0.15) is 44.9 Å². The van der Waals surface area contributed by atoms with Gasteiger partial charge in [-0.25, -0.2) is 16.8 Å². The predicted octanol–water partition coefficient (Wildman–Crippen LogP) is 3.77. The fourth-order valence-corrected chi connectivity index (χ4v) is 4.69. The number of rotatable bonds is 5. The van der Waals surface area contributed by atoms with E-state index in [2.05, 4.69) is 20.8 Å². The quantitative estimate of drug-likeness (QED) is 0.754. The summed E-state index contributed by atoms with van der Waals surface area (Å²) < 4.78 is 50.4. The predicted molar refractivity (Wildman–Crippen MR) is 108 cm³/mol. The minimum absolute atomic E-state index is 0.0527. The first-order chi connectivity index (χ1) is 12.2. The summed E-state index contributed by atoms with van der Waals surface area (Å²) in [6.45, 7) is 8.00. The highest BCUT2D eigenvalue weighted by atomic mass is 32.2. The molecule has 0 aromatic heterocycles. The fourth-order valence-electron chi connectivity index (χ4n) is 2.70. The van der Waals surface area contributed by atoms with E-state index in [0.29, 0.717) is 0 Å². The molecule has 2 aromatic rings. The van der Waals surface area contributed by atoms with Crippen LogP contribution in [0.15, 0.2) is 58.3 Å². The van der Waals surface area contributed by atoms with Crippen LogP contribution >= 0.6 is 0 Å². The topological polar surface area (TPSA) is 71.5 Å². The Morgan fingerprint density at radius 3 is 1.67 bits per heavy atom. The summed E-state index contributed by atoms with van der Waals surface area (Å²) in [6.07, 6.45) is 1.14. The molecule has 0 saturated heterocycles. The molecule has 0 aliphatic heterocycles. The molecular weight excluding hydrogens is 382 g/mol. The number of benzene rings is 2. The molecule has 0 aliphatic carbocycles. The lowest BCUT2D eigenvalue weighted by molar-refractivity contribution is 0.398. The number of sulfone groups is 1. The van der Waals surface area contributed by atoms with E-state index in [1.165, 1.54) is 23.5 Å². The Balaban J connectivity index is 2.30. The van der Waals surface area contributed by atoms with Crippen molar-refractivity contribution in [2.45, 2.75) is 48.9 Å². The zero-order valence-corrected chi connectivity index (χ0v) is 18.2. The largest absolute Gasteiger partial charge is 0.243 e. The second-order valence-electron chi connectivity index (χ2n) is 7.81. The SMILES string of the molecule is CC(c1ccc(S(C)(=O)=O)cc1)N(C)S(=O)(=O)c1ccc(C(C)(C)C)cc1. The highest BCUT2D eigenvalue weighted by molar-refractivity contribution is 7.90. The molecule has 5 nitrogen and oxygen atoms in total. The second-order valence-corrected chi connectivity index (χ2v) is 11.8. The van der Waals surface area contributed by atoms with E-state index in [-0.39, 0.29) is 15.2 Å². The summed E-state index contributed by atoms with van der Waals surface area (Å²) >= 11 is 0. The van der Waals surface area contributed by atoms with E-state index in [9.17, 15) is 16.8 Å². The first kappa shape index (κ1) is 21.6. The molecule has 0 radical (unpaired) electrons. The summed E-state index contributed by atoms with van der Waals surface area (Å²) in [4.78, 5) is 0.444. The molecule has 0 heterocycles. The van der Waals surface area contributed by atoms with E-state index in [4.69, 9.17) is 0 Å². The van der Waals surface area contributed by atoms with Gasteiger partial charge in [0.15, 0.2) is 9.84 Å². The normalized spacial score (nSPS) is 14.3. The highest BCUT2D eigenvalue weighted by Gasteiger charge is 2.27. The molecule has 2 aromatic carbocycles. The Labute approximate surface area is 163 Å². The van der Waals surface area contributed by atoms with Gasteiger partial charge in [0, 0.05) is 19.3 Å². The molecule has 0 bridgehead atoms. The number of hydrogen-bond acceptors (Lipinski definition) is 4. The van der Waals surface area contributed by atoms with Crippen LogP contribution in [0.25, 0.3) is 0 Å². The molecule has 0 aliphatic rings. The maximum atomic E-state index is 13.0. The summed E-state index contributed by atoms with van der Waals surface area (Å²) in [5, 5.41) is 0. The summed E-state index contributed by atoms with van der Waals surface area (Å²) in [7, 11) is -5.43. The Hall–Kier alpha value is -1.70. The van der Waals surface area contributed by atoms with Crippen molar-refractivity contribution < 1.29 is 16.8 Å². The molecule has 0 spiro atoms. The summed E-state index contributed by atoms with van der Waals surface area (Å²) in [5.41, 5.74) is 1.73. The summed E-state index contributed by atoms with van der Waals surface area (Å²) in [5.74, 6) is 0. The molecular formula is C20H27NO4S2. The zero-order valence-electron chi connectivity index (χ0n) is 16.6. The number of hydrogen-bond donors (Lipinski definition) is 0. The van der Waals surface area contributed by atoms with Gasteiger partial charge in [-0.1, -0.05) is 45.0 Å². The molecule has 2 rings (SSSR count). The van der Waals surface area contributed by atoms with Crippen molar-refractivity contribution in [1.29, 1.82) is 0 Å². The van der Waals surface area contributed by atoms with E-state index in [1.54, 1.807) is 31.2 Å². The molecule has 1 atom stereocenters. The van der Waals surface area contributed by atoms with Gasteiger partial charge < -0.3 is 0 Å². The molecule has 0 saturated carbocycles. The van der Waals surface area contributed by atoms with Gasteiger partial charge in [0.25, 0.3) is 0 Å². The van der Waals surface area contributed by atoms with Crippen molar-refractivity contribution in [1.82, 2.24) is 4.31 Å². The molecule has 0 N–H and O–H groups in total. The summed E-state index contributed by atoms with van der Waals surface area (Å²) in [6, 6.07) is 12.8.